The molecule has 21 heavy (non-hydrogen) atoms. The molecule has 1 aromatic heterocycles. The molecule has 0 fully saturated rings. The molecule has 2 N–H and O–H groups in total. The minimum absolute atomic E-state index is 0.152. The van der Waals surface area contributed by atoms with Crippen LogP contribution in [0.5, 0.6) is 0 Å². The minimum Gasteiger partial charge on any atom is -0.330 e. The molecule has 2 rings (SSSR count). The number of anilines is 1. The molecule has 0 unspecified atom stereocenters. The summed E-state index contributed by atoms with van der Waals surface area (Å²) in [5.74, 6) is -0.483. The number of amides is 1. The van der Waals surface area contributed by atoms with Crippen molar-refractivity contribution in [2.75, 3.05) is 18.0 Å². The SMILES string of the molecule is Cc1ncccc1C(=O)N(CCCN)c1ccc(F)cc1. The third-order valence-electron chi connectivity index (χ3n) is 3.21. The summed E-state index contributed by atoms with van der Waals surface area (Å²) in [4.78, 5) is 18.5. The second-order valence-corrected chi connectivity index (χ2v) is 4.71. The van der Waals surface area contributed by atoms with Gasteiger partial charge < -0.3 is 10.6 Å². The van der Waals surface area contributed by atoms with Crippen LogP contribution in [0.15, 0.2) is 42.6 Å². The molecule has 0 bridgehead atoms. The lowest BCUT2D eigenvalue weighted by molar-refractivity contribution is 0.0986. The molecule has 0 saturated heterocycles. The number of pyridine rings is 1. The van der Waals surface area contributed by atoms with Gasteiger partial charge in [0, 0.05) is 24.1 Å². The summed E-state index contributed by atoms with van der Waals surface area (Å²) in [5.41, 5.74) is 7.40. The Morgan fingerprint density at radius 3 is 2.62 bits per heavy atom. The van der Waals surface area contributed by atoms with Crippen LogP contribution in [0.1, 0.15) is 22.5 Å². The molecule has 5 heteroatoms. The molecule has 0 radical (unpaired) electrons. The van der Waals surface area contributed by atoms with Crippen LogP contribution in [0, 0.1) is 12.7 Å². The minimum atomic E-state index is -0.331. The van der Waals surface area contributed by atoms with Gasteiger partial charge in [-0.2, -0.15) is 0 Å². The fourth-order valence-corrected chi connectivity index (χ4v) is 2.07. The Labute approximate surface area is 123 Å². The fourth-order valence-electron chi connectivity index (χ4n) is 2.07. The van der Waals surface area contributed by atoms with Crippen molar-refractivity contribution in [3.63, 3.8) is 0 Å². The van der Waals surface area contributed by atoms with Crippen LogP contribution in [0.4, 0.5) is 10.1 Å². The Balaban J connectivity index is 2.33. The smallest absolute Gasteiger partial charge is 0.260 e. The van der Waals surface area contributed by atoms with Crippen LogP contribution in [0.3, 0.4) is 0 Å². The van der Waals surface area contributed by atoms with Gasteiger partial charge in [-0.3, -0.25) is 9.78 Å². The summed E-state index contributed by atoms with van der Waals surface area (Å²) < 4.78 is 13.1. The highest BCUT2D eigenvalue weighted by molar-refractivity contribution is 6.06. The van der Waals surface area contributed by atoms with Gasteiger partial charge in [-0.1, -0.05) is 0 Å². The predicted octanol–water partition coefficient (Wildman–Crippen LogP) is 2.52. The molecule has 2 aromatic rings. The first-order chi connectivity index (χ1) is 10.1. The number of benzene rings is 1. The molecule has 0 saturated carbocycles. The number of nitrogens with zero attached hydrogens (tertiary/aromatic N) is 2. The zero-order valence-corrected chi connectivity index (χ0v) is 11.9. The van der Waals surface area contributed by atoms with Crippen LogP contribution in [-0.4, -0.2) is 24.0 Å². The molecule has 110 valence electrons. The van der Waals surface area contributed by atoms with E-state index in [1.165, 1.54) is 12.1 Å². The quantitative estimate of drug-likeness (QED) is 0.919. The van der Waals surface area contributed by atoms with E-state index in [0.29, 0.717) is 36.5 Å². The largest absolute Gasteiger partial charge is 0.330 e. The van der Waals surface area contributed by atoms with E-state index < -0.39 is 0 Å². The number of aromatic nitrogens is 1. The average molecular weight is 287 g/mol. The maximum atomic E-state index is 13.1. The molecule has 1 aromatic carbocycles. The molecule has 4 nitrogen and oxygen atoms in total. The van der Waals surface area contributed by atoms with E-state index in [2.05, 4.69) is 4.98 Å². The van der Waals surface area contributed by atoms with Gasteiger partial charge >= 0.3 is 0 Å². The highest BCUT2D eigenvalue weighted by atomic mass is 19.1. The average Bonchev–Trinajstić information content (AvgIpc) is 2.49. The van der Waals surface area contributed by atoms with E-state index in [1.54, 1.807) is 42.3 Å². The number of carbonyl (C=O) groups excluding carboxylic acids is 1. The molecule has 0 aliphatic carbocycles. The zero-order valence-electron chi connectivity index (χ0n) is 11.9. The van der Waals surface area contributed by atoms with E-state index in [-0.39, 0.29) is 11.7 Å². The normalized spacial score (nSPS) is 10.4. The van der Waals surface area contributed by atoms with Crippen molar-refractivity contribution in [2.45, 2.75) is 13.3 Å². The van der Waals surface area contributed by atoms with Crippen molar-refractivity contribution < 1.29 is 9.18 Å². The molecular formula is C16H18FN3O. The predicted molar refractivity (Wildman–Crippen MR) is 80.7 cm³/mol. The lowest BCUT2D eigenvalue weighted by Gasteiger charge is -2.23. The van der Waals surface area contributed by atoms with Crippen molar-refractivity contribution in [3.8, 4) is 0 Å². The van der Waals surface area contributed by atoms with Crippen LogP contribution in [0.2, 0.25) is 0 Å². The first kappa shape index (κ1) is 15.1. The Morgan fingerprint density at radius 2 is 2.00 bits per heavy atom. The molecule has 0 aliphatic heterocycles. The lowest BCUT2D eigenvalue weighted by atomic mass is 10.1. The first-order valence-corrected chi connectivity index (χ1v) is 6.82. The number of rotatable bonds is 5. The maximum Gasteiger partial charge on any atom is 0.260 e. The molecular weight excluding hydrogens is 269 g/mol. The second-order valence-electron chi connectivity index (χ2n) is 4.71. The monoisotopic (exact) mass is 287 g/mol. The number of hydrogen-bond acceptors (Lipinski definition) is 3. The van der Waals surface area contributed by atoms with Crippen molar-refractivity contribution >= 4 is 11.6 Å². The van der Waals surface area contributed by atoms with E-state index in [1.807, 2.05) is 0 Å². The van der Waals surface area contributed by atoms with Crippen molar-refractivity contribution in [3.05, 3.63) is 59.7 Å². The van der Waals surface area contributed by atoms with Gasteiger partial charge in [0.05, 0.1) is 5.56 Å². The Bertz CT molecular complexity index is 613. The highest BCUT2D eigenvalue weighted by Crippen LogP contribution is 2.19. The van der Waals surface area contributed by atoms with Crippen molar-refractivity contribution in [2.24, 2.45) is 5.73 Å². The van der Waals surface area contributed by atoms with E-state index >= 15 is 0 Å². The fraction of sp³-hybridized carbons (Fsp3) is 0.250. The second kappa shape index (κ2) is 6.95. The number of carbonyl (C=O) groups is 1. The Kier molecular flexibility index (Phi) is 5.00. The molecule has 1 amide bonds. The third-order valence-corrected chi connectivity index (χ3v) is 3.21. The maximum absolute atomic E-state index is 13.1. The van der Waals surface area contributed by atoms with Crippen LogP contribution < -0.4 is 10.6 Å². The molecule has 1 heterocycles. The molecule has 0 spiro atoms. The van der Waals surface area contributed by atoms with Gasteiger partial charge in [0.2, 0.25) is 0 Å². The zero-order chi connectivity index (χ0) is 15.2. The van der Waals surface area contributed by atoms with Crippen LogP contribution in [-0.2, 0) is 0 Å². The highest BCUT2D eigenvalue weighted by Gasteiger charge is 2.19. The van der Waals surface area contributed by atoms with Crippen LogP contribution >= 0.6 is 0 Å². The van der Waals surface area contributed by atoms with Crippen molar-refractivity contribution in [1.29, 1.82) is 0 Å². The van der Waals surface area contributed by atoms with E-state index in [4.69, 9.17) is 5.73 Å². The standard InChI is InChI=1S/C16H18FN3O/c1-12-15(4-2-10-19-12)16(21)20(11-3-9-18)14-7-5-13(17)6-8-14/h2,4-8,10H,3,9,11,18H2,1H3. The number of aryl methyl sites for hydroxylation is 1. The number of nitrogens with two attached hydrogens (primary N) is 1. The van der Waals surface area contributed by atoms with Crippen LogP contribution in [0.25, 0.3) is 0 Å². The van der Waals surface area contributed by atoms with Gasteiger partial charge in [-0.05, 0) is 56.3 Å². The van der Waals surface area contributed by atoms with Gasteiger partial charge in [-0.25, -0.2) is 4.39 Å². The number of halogens is 1. The van der Waals surface area contributed by atoms with E-state index in [0.717, 1.165) is 0 Å². The van der Waals surface area contributed by atoms with Gasteiger partial charge in [-0.15, -0.1) is 0 Å². The van der Waals surface area contributed by atoms with Gasteiger partial charge in [0.15, 0.2) is 0 Å². The lowest BCUT2D eigenvalue weighted by Crippen LogP contribution is -2.33. The van der Waals surface area contributed by atoms with E-state index in [9.17, 15) is 9.18 Å². The summed E-state index contributed by atoms with van der Waals surface area (Å²) in [6.07, 6.45) is 2.32. The van der Waals surface area contributed by atoms with Crippen molar-refractivity contribution in [1.82, 2.24) is 4.98 Å². The van der Waals surface area contributed by atoms with Gasteiger partial charge in [0.25, 0.3) is 5.91 Å². The summed E-state index contributed by atoms with van der Waals surface area (Å²) in [6.45, 7) is 2.76. The molecule has 0 aliphatic rings. The summed E-state index contributed by atoms with van der Waals surface area (Å²) in [5, 5.41) is 0. The summed E-state index contributed by atoms with van der Waals surface area (Å²) >= 11 is 0. The molecule has 0 atom stereocenters. The summed E-state index contributed by atoms with van der Waals surface area (Å²) in [6, 6.07) is 9.34. The number of hydrogen-bond donors (Lipinski definition) is 1. The first-order valence-electron chi connectivity index (χ1n) is 6.82. The van der Waals surface area contributed by atoms with Gasteiger partial charge in [0.1, 0.15) is 5.82 Å². The Morgan fingerprint density at radius 1 is 1.29 bits per heavy atom. The Hall–Kier alpha value is -2.27. The topological polar surface area (TPSA) is 59.2 Å². The summed E-state index contributed by atoms with van der Waals surface area (Å²) in [7, 11) is 0. The third kappa shape index (κ3) is 3.64.